The van der Waals surface area contributed by atoms with Gasteiger partial charge in [-0.15, -0.1) is 0 Å². The maximum Gasteiger partial charge on any atom is 0.328 e. The molecule has 4 nitrogen and oxygen atoms in total. The number of nitriles is 1. The van der Waals surface area contributed by atoms with Crippen molar-refractivity contribution >= 4 is 11.7 Å². The molecule has 0 saturated heterocycles. The van der Waals surface area contributed by atoms with E-state index in [1.165, 1.54) is 6.08 Å². The zero-order valence-electron chi connectivity index (χ0n) is 8.90. The second-order valence-electron chi connectivity index (χ2n) is 3.23. The molecule has 16 heavy (non-hydrogen) atoms. The lowest BCUT2D eigenvalue weighted by Crippen LogP contribution is -2.02. The highest BCUT2D eigenvalue weighted by Gasteiger charge is 2.02. The van der Waals surface area contributed by atoms with Gasteiger partial charge in [-0.25, -0.2) is 4.79 Å². The van der Waals surface area contributed by atoms with E-state index in [9.17, 15) is 4.79 Å². The second-order valence-corrected chi connectivity index (χ2v) is 3.23. The van der Waals surface area contributed by atoms with Gasteiger partial charge in [-0.3, -0.25) is 0 Å². The quantitative estimate of drug-likeness (QED) is 0.754. The fraction of sp³-hybridized carbons (Fsp3) is 0.167. The summed E-state index contributed by atoms with van der Waals surface area (Å²) in [7, 11) is 0. The fourth-order valence-corrected chi connectivity index (χ4v) is 1.29. The van der Waals surface area contributed by atoms with Crippen molar-refractivity contribution in [1.29, 1.82) is 5.26 Å². The van der Waals surface area contributed by atoms with Gasteiger partial charge in [0.05, 0.1) is 11.3 Å². The van der Waals surface area contributed by atoms with Crippen LogP contribution in [-0.4, -0.2) is 17.6 Å². The Labute approximate surface area is 93.8 Å². The van der Waals surface area contributed by atoms with Gasteiger partial charge in [-0.05, 0) is 18.6 Å². The predicted octanol–water partition coefficient (Wildman–Crippen LogP) is 1.92. The Morgan fingerprint density at radius 2 is 2.38 bits per heavy atom. The van der Waals surface area contributed by atoms with Gasteiger partial charge >= 0.3 is 5.97 Å². The molecular weight excluding hydrogens is 204 g/mol. The van der Waals surface area contributed by atoms with Gasteiger partial charge in [0.25, 0.3) is 0 Å². The number of nitrogens with zero attached hydrogens (tertiary/aromatic N) is 1. The lowest BCUT2D eigenvalue weighted by Gasteiger charge is -2.07. The Morgan fingerprint density at radius 3 is 3.00 bits per heavy atom. The Hall–Kier alpha value is -2.28. The van der Waals surface area contributed by atoms with Crippen LogP contribution in [0.5, 0.6) is 0 Å². The first kappa shape index (κ1) is 11.8. The molecule has 4 heteroatoms. The van der Waals surface area contributed by atoms with Gasteiger partial charge in [0, 0.05) is 12.6 Å². The molecule has 1 aromatic rings. The van der Waals surface area contributed by atoms with Crippen LogP contribution in [0.15, 0.2) is 30.4 Å². The van der Waals surface area contributed by atoms with E-state index < -0.39 is 5.97 Å². The van der Waals surface area contributed by atoms with Crippen molar-refractivity contribution < 1.29 is 9.90 Å². The standard InChI is InChI=1S/C12H12N2O2/c1-9-4-2-5-11(10(9)8-13)14-7-3-6-12(15)16/h2-6,14H,7H2,1H3,(H,15,16)/b6-3+. The van der Waals surface area contributed by atoms with Gasteiger partial charge in [0.1, 0.15) is 6.07 Å². The molecule has 0 fully saturated rings. The van der Waals surface area contributed by atoms with E-state index in [0.29, 0.717) is 12.1 Å². The summed E-state index contributed by atoms with van der Waals surface area (Å²) in [6, 6.07) is 7.61. The van der Waals surface area contributed by atoms with Crippen molar-refractivity contribution in [2.45, 2.75) is 6.92 Å². The number of nitrogens with one attached hydrogen (secondary N) is 1. The first-order valence-corrected chi connectivity index (χ1v) is 4.78. The fourth-order valence-electron chi connectivity index (χ4n) is 1.29. The third-order valence-corrected chi connectivity index (χ3v) is 2.06. The van der Waals surface area contributed by atoms with E-state index in [0.717, 1.165) is 17.3 Å². The number of aliphatic carboxylic acids is 1. The van der Waals surface area contributed by atoms with Crippen molar-refractivity contribution in [2.75, 3.05) is 11.9 Å². The molecule has 0 amide bonds. The van der Waals surface area contributed by atoms with Crippen LogP contribution in [-0.2, 0) is 4.79 Å². The molecule has 0 spiro atoms. The Bertz CT molecular complexity index is 459. The SMILES string of the molecule is Cc1cccc(NC/C=C/C(=O)O)c1C#N. The third kappa shape index (κ3) is 3.14. The number of anilines is 1. The third-order valence-electron chi connectivity index (χ3n) is 2.06. The van der Waals surface area contributed by atoms with Crippen molar-refractivity contribution in [1.82, 2.24) is 0 Å². The van der Waals surface area contributed by atoms with Crippen LogP contribution in [0, 0.1) is 18.3 Å². The van der Waals surface area contributed by atoms with Crippen LogP contribution in [0.1, 0.15) is 11.1 Å². The van der Waals surface area contributed by atoms with E-state index in [-0.39, 0.29) is 0 Å². The van der Waals surface area contributed by atoms with Gasteiger partial charge < -0.3 is 10.4 Å². The van der Waals surface area contributed by atoms with Crippen LogP contribution in [0.25, 0.3) is 0 Å². The van der Waals surface area contributed by atoms with Crippen molar-refractivity contribution in [2.24, 2.45) is 0 Å². The lowest BCUT2D eigenvalue weighted by molar-refractivity contribution is -0.131. The minimum absolute atomic E-state index is 0.379. The predicted molar refractivity (Wildman–Crippen MR) is 61.2 cm³/mol. The average molecular weight is 216 g/mol. The molecule has 0 unspecified atom stereocenters. The summed E-state index contributed by atoms with van der Waals surface area (Å²) >= 11 is 0. The lowest BCUT2D eigenvalue weighted by atomic mass is 10.1. The molecule has 0 aliphatic heterocycles. The molecule has 2 N–H and O–H groups in total. The van der Waals surface area contributed by atoms with Crippen LogP contribution < -0.4 is 5.32 Å². The maximum absolute atomic E-state index is 10.2. The van der Waals surface area contributed by atoms with Crippen molar-refractivity contribution in [3.63, 3.8) is 0 Å². The molecule has 0 bridgehead atoms. The molecule has 0 aliphatic rings. The van der Waals surface area contributed by atoms with Crippen LogP contribution in [0.2, 0.25) is 0 Å². The topological polar surface area (TPSA) is 73.1 Å². The van der Waals surface area contributed by atoms with Gasteiger partial charge in [-0.1, -0.05) is 18.2 Å². The van der Waals surface area contributed by atoms with E-state index in [2.05, 4.69) is 11.4 Å². The smallest absolute Gasteiger partial charge is 0.328 e. The highest BCUT2D eigenvalue weighted by Crippen LogP contribution is 2.17. The number of benzene rings is 1. The highest BCUT2D eigenvalue weighted by molar-refractivity contribution is 5.79. The number of aryl methyl sites for hydroxylation is 1. The summed E-state index contributed by atoms with van der Waals surface area (Å²) in [5.74, 6) is -0.980. The summed E-state index contributed by atoms with van der Waals surface area (Å²) in [6.07, 6.45) is 2.56. The molecule has 82 valence electrons. The Kier molecular flexibility index (Phi) is 4.10. The highest BCUT2D eigenvalue weighted by atomic mass is 16.4. The average Bonchev–Trinajstić information content (AvgIpc) is 2.24. The number of rotatable bonds is 4. The van der Waals surface area contributed by atoms with Crippen LogP contribution in [0.4, 0.5) is 5.69 Å². The normalized spacial score (nSPS) is 10.0. The summed E-state index contributed by atoms with van der Waals surface area (Å²) in [5, 5.41) is 20.3. The molecule has 0 heterocycles. The molecule has 1 aromatic carbocycles. The first-order chi connectivity index (χ1) is 7.65. The number of carboxylic acids is 1. The molecular formula is C12H12N2O2. The van der Waals surface area contributed by atoms with Gasteiger partial charge in [0.15, 0.2) is 0 Å². The summed E-state index contributed by atoms with van der Waals surface area (Å²) in [5.41, 5.74) is 2.21. The Balaban J connectivity index is 2.72. The summed E-state index contributed by atoms with van der Waals surface area (Å²) < 4.78 is 0. The number of carbonyl (C=O) groups is 1. The van der Waals surface area contributed by atoms with E-state index in [4.69, 9.17) is 10.4 Å². The molecule has 0 aromatic heterocycles. The monoisotopic (exact) mass is 216 g/mol. The summed E-state index contributed by atoms with van der Waals surface area (Å²) in [4.78, 5) is 10.2. The zero-order valence-corrected chi connectivity index (χ0v) is 8.90. The Morgan fingerprint density at radius 1 is 1.62 bits per heavy atom. The second kappa shape index (κ2) is 5.56. The minimum atomic E-state index is -0.980. The van der Waals surface area contributed by atoms with Crippen molar-refractivity contribution in [3.8, 4) is 6.07 Å². The maximum atomic E-state index is 10.2. The van der Waals surface area contributed by atoms with E-state index >= 15 is 0 Å². The number of hydrogen-bond donors (Lipinski definition) is 2. The molecule has 0 saturated carbocycles. The van der Waals surface area contributed by atoms with Crippen LogP contribution in [0.3, 0.4) is 0 Å². The molecule has 0 aliphatic carbocycles. The molecule has 0 radical (unpaired) electrons. The van der Waals surface area contributed by atoms with Crippen LogP contribution >= 0.6 is 0 Å². The zero-order chi connectivity index (χ0) is 12.0. The van der Waals surface area contributed by atoms with Gasteiger partial charge in [-0.2, -0.15) is 5.26 Å². The van der Waals surface area contributed by atoms with Gasteiger partial charge in [0.2, 0.25) is 0 Å². The molecule has 0 atom stereocenters. The number of carboxylic acid groups (broad SMARTS) is 1. The number of hydrogen-bond acceptors (Lipinski definition) is 3. The first-order valence-electron chi connectivity index (χ1n) is 4.78. The van der Waals surface area contributed by atoms with E-state index in [1.54, 1.807) is 6.07 Å². The minimum Gasteiger partial charge on any atom is -0.478 e. The largest absolute Gasteiger partial charge is 0.478 e. The van der Waals surface area contributed by atoms with Crippen molar-refractivity contribution in [3.05, 3.63) is 41.5 Å². The van der Waals surface area contributed by atoms with E-state index in [1.807, 2.05) is 19.1 Å². The molecule has 1 rings (SSSR count). The summed E-state index contributed by atoms with van der Waals surface area (Å²) in [6.45, 7) is 2.24.